The van der Waals surface area contributed by atoms with Gasteiger partial charge in [0, 0.05) is 12.7 Å². The van der Waals surface area contributed by atoms with Gasteiger partial charge in [-0.2, -0.15) is 18.3 Å². The number of aliphatic carboxylic acids is 1. The van der Waals surface area contributed by atoms with Crippen molar-refractivity contribution in [1.82, 2.24) is 9.78 Å². The molecule has 0 aliphatic rings. The molecule has 1 heterocycles. The number of carbonyl (C=O) groups is 1. The topological polar surface area (TPSA) is 81.1 Å². The van der Waals surface area contributed by atoms with Crippen molar-refractivity contribution in [1.29, 1.82) is 0 Å². The quantitative estimate of drug-likeness (QED) is 0.779. The number of carboxylic acid groups (broad SMARTS) is 1. The van der Waals surface area contributed by atoms with Crippen LogP contribution in [-0.2, 0) is 17.5 Å². The molecule has 5 nitrogen and oxygen atoms in total. The number of alkyl halides is 3. The molecule has 0 saturated carbocycles. The van der Waals surface area contributed by atoms with Crippen molar-refractivity contribution in [3.63, 3.8) is 0 Å². The Labute approximate surface area is 108 Å². The number of nitrogens with two attached hydrogens (primary N) is 1. The minimum Gasteiger partial charge on any atom is -0.480 e. The van der Waals surface area contributed by atoms with E-state index < -0.39 is 23.4 Å². The van der Waals surface area contributed by atoms with Crippen molar-refractivity contribution in [2.45, 2.75) is 44.4 Å². The van der Waals surface area contributed by atoms with Gasteiger partial charge in [0.15, 0.2) is 5.69 Å². The maximum Gasteiger partial charge on any atom is 0.435 e. The van der Waals surface area contributed by atoms with E-state index in [1.54, 1.807) is 0 Å². The SMILES string of the molecule is CC(N)(CCCCn1ccc(C(F)(F)F)n1)C(=O)O. The Morgan fingerprint density at radius 2 is 2.11 bits per heavy atom. The van der Waals surface area contributed by atoms with Crippen LogP contribution in [-0.4, -0.2) is 26.4 Å². The van der Waals surface area contributed by atoms with Gasteiger partial charge in [-0.3, -0.25) is 9.48 Å². The van der Waals surface area contributed by atoms with Crippen LogP contribution in [0.4, 0.5) is 13.2 Å². The van der Waals surface area contributed by atoms with Crippen LogP contribution >= 0.6 is 0 Å². The van der Waals surface area contributed by atoms with Gasteiger partial charge in [0.05, 0.1) is 0 Å². The van der Waals surface area contributed by atoms with E-state index in [1.807, 2.05) is 0 Å². The highest BCUT2D eigenvalue weighted by molar-refractivity contribution is 5.77. The second-order valence-corrected chi connectivity index (χ2v) is 4.64. The van der Waals surface area contributed by atoms with Crippen molar-refractivity contribution in [2.24, 2.45) is 5.73 Å². The van der Waals surface area contributed by atoms with E-state index in [1.165, 1.54) is 17.8 Å². The summed E-state index contributed by atoms with van der Waals surface area (Å²) in [7, 11) is 0. The summed E-state index contributed by atoms with van der Waals surface area (Å²) in [5, 5.41) is 12.2. The smallest absolute Gasteiger partial charge is 0.435 e. The monoisotopic (exact) mass is 279 g/mol. The summed E-state index contributed by atoms with van der Waals surface area (Å²) < 4.78 is 38.0. The molecule has 3 N–H and O–H groups in total. The molecule has 1 aromatic heterocycles. The number of hydrogen-bond donors (Lipinski definition) is 2. The third-order valence-corrected chi connectivity index (χ3v) is 2.75. The molecule has 0 aliphatic carbocycles. The lowest BCUT2D eigenvalue weighted by atomic mass is 9.96. The molecular formula is C11H16F3N3O2. The number of unbranched alkanes of at least 4 members (excludes halogenated alkanes) is 1. The largest absolute Gasteiger partial charge is 0.480 e. The van der Waals surface area contributed by atoms with Crippen molar-refractivity contribution >= 4 is 5.97 Å². The number of nitrogens with zero attached hydrogens (tertiary/aromatic N) is 2. The average molecular weight is 279 g/mol. The summed E-state index contributed by atoms with van der Waals surface area (Å²) in [5.74, 6) is -1.09. The van der Waals surface area contributed by atoms with Gasteiger partial charge in [0.25, 0.3) is 0 Å². The number of aryl methyl sites for hydroxylation is 1. The maximum absolute atomic E-state index is 12.3. The predicted molar refractivity (Wildman–Crippen MR) is 61.3 cm³/mol. The summed E-state index contributed by atoms with van der Waals surface area (Å²) in [5.41, 5.74) is 3.30. The minimum atomic E-state index is -4.44. The second kappa shape index (κ2) is 5.60. The highest BCUT2D eigenvalue weighted by Crippen LogP contribution is 2.27. The summed E-state index contributed by atoms with van der Waals surface area (Å²) >= 11 is 0. The zero-order valence-electron chi connectivity index (χ0n) is 10.4. The van der Waals surface area contributed by atoms with E-state index in [9.17, 15) is 18.0 Å². The van der Waals surface area contributed by atoms with Gasteiger partial charge in [-0.05, 0) is 32.3 Å². The van der Waals surface area contributed by atoms with Crippen LogP contribution in [0.25, 0.3) is 0 Å². The van der Waals surface area contributed by atoms with Gasteiger partial charge in [0.2, 0.25) is 0 Å². The fourth-order valence-corrected chi connectivity index (χ4v) is 1.51. The third-order valence-electron chi connectivity index (χ3n) is 2.75. The zero-order chi connectivity index (χ0) is 14.7. The highest BCUT2D eigenvalue weighted by atomic mass is 19.4. The molecular weight excluding hydrogens is 263 g/mol. The minimum absolute atomic E-state index is 0.260. The van der Waals surface area contributed by atoms with Crippen LogP contribution in [0.15, 0.2) is 12.3 Å². The first-order chi connectivity index (χ1) is 8.63. The number of halogens is 3. The second-order valence-electron chi connectivity index (χ2n) is 4.64. The predicted octanol–water partition coefficient (Wildman–Crippen LogP) is 1.87. The van der Waals surface area contributed by atoms with Gasteiger partial charge in [-0.15, -0.1) is 0 Å². The van der Waals surface area contributed by atoms with Crippen LogP contribution < -0.4 is 5.73 Å². The Hall–Kier alpha value is -1.57. The molecule has 1 rings (SSSR count). The number of carboxylic acids is 1. The Bertz CT molecular complexity index is 441. The normalized spacial score (nSPS) is 15.2. The number of rotatable bonds is 6. The van der Waals surface area contributed by atoms with Crippen LogP contribution in [0.5, 0.6) is 0 Å². The maximum atomic E-state index is 12.3. The van der Waals surface area contributed by atoms with E-state index in [4.69, 9.17) is 10.8 Å². The Morgan fingerprint density at radius 1 is 1.47 bits per heavy atom. The average Bonchev–Trinajstić information content (AvgIpc) is 2.72. The molecule has 8 heteroatoms. The molecule has 1 atom stereocenters. The van der Waals surface area contributed by atoms with Crippen molar-refractivity contribution in [2.75, 3.05) is 0 Å². The van der Waals surface area contributed by atoms with E-state index in [-0.39, 0.29) is 6.42 Å². The third kappa shape index (κ3) is 4.55. The zero-order valence-corrected chi connectivity index (χ0v) is 10.4. The van der Waals surface area contributed by atoms with Gasteiger partial charge >= 0.3 is 12.1 Å². The molecule has 0 spiro atoms. The molecule has 0 bridgehead atoms. The first-order valence-corrected chi connectivity index (χ1v) is 5.76. The lowest BCUT2D eigenvalue weighted by Crippen LogP contribution is -2.44. The molecule has 108 valence electrons. The lowest BCUT2D eigenvalue weighted by molar-refractivity contribution is -0.143. The van der Waals surface area contributed by atoms with Crippen LogP contribution in [0.3, 0.4) is 0 Å². The lowest BCUT2D eigenvalue weighted by Gasteiger charge is -2.18. The fraction of sp³-hybridized carbons (Fsp3) is 0.636. The molecule has 0 fully saturated rings. The van der Waals surface area contributed by atoms with Gasteiger partial charge < -0.3 is 10.8 Å². The van der Waals surface area contributed by atoms with Crippen LogP contribution in [0, 0.1) is 0 Å². The molecule has 0 aliphatic heterocycles. The van der Waals surface area contributed by atoms with E-state index >= 15 is 0 Å². The van der Waals surface area contributed by atoms with Crippen molar-refractivity contribution in [3.05, 3.63) is 18.0 Å². The Morgan fingerprint density at radius 3 is 2.58 bits per heavy atom. The van der Waals surface area contributed by atoms with Gasteiger partial charge in [0.1, 0.15) is 5.54 Å². The number of hydrogen-bond acceptors (Lipinski definition) is 3. The van der Waals surface area contributed by atoms with E-state index in [2.05, 4.69) is 5.10 Å². The fourth-order valence-electron chi connectivity index (χ4n) is 1.51. The van der Waals surface area contributed by atoms with Gasteiger partial charge in [-0.1, -0.05) is 0 Å². The molecule has 19 heavy (non-hydrogen) atoms. The summed E-state index contributed by atoms with van der Waals surface area (Å²) in [4.78, 5) is 10.7. The van der Waals surface area contributed by atoms with Crippen LogP contribution in [0.2, 0.25) is 0 Å². The summed E-state index contributed by atoms with van der Waals surface area (Å²) in [6, 6.07) is 0.907. The molecule has 0 aromatic carbocycles. The first-order valence-electron chi connectivity index (χ1n) is 5.76. The van der Waals surface area contributed by atoms with Crippen molar-refractivity contribution < 1.29 is 23.1 Å². The van der Waals surface area contributed by atoms with E-state index in [0.717, 1.165) is 6.07 Å². The summed E-state index contributed by atoms with van der Waals surface area (Å²) in [6.07, 6.45) is -1.92. The van der Waals surface area contributed by atoms with Crippen LogP contribution in [0.1, 0.15) is 31.9 Å². The van der Waals surface area contributed by atoms with Crippen molar-refractivity contribution in [3.8, 4) is 0 Å². The standard InChI is InChI=1S/C11H16F3N3O2/c1-10(15,9(18)19)5-2-3-6-17-7-4-8(16-17)11(12,13)14/h4,7H,2-3,5-6,15H2,1H3,(H,18,19). The molecule has 0 radical (unpaired) electrons. The Balaban J connectivity index is 2.38. The van der Waals surface area contributed by atoms with E-state index in [0.29, 0.717) is 19.4 Å². The molecule has 0 amide bonds. The molecule has 1 aromatic rings. The Kier molecular flexibility index (Phi) is 4.56. The number of aromatic nitrogens is 2. The molecule has 1 unspecified atom stereocenters. The molecule has 0 saturated heterocycles. The first kappa shape index (κ1) is 15.5. The van der Waals surface area contributed by atoms with Gasteiger partial charge in [-0.25, -0.2) is 0 Å². The highest BCUT2D eigenvalue weighted by Gasteiger charge is 2.33. The summed E-state index contributed by atoms with van der Waals surface area (Å²) in [6.45, 7) is 1.71.